The molecule has 11 nitrogen and oxygen atoms in total. The minimum absolute atomic E-state index is 0.0320. The molecule has 1 aromatic carbocycles. The molecule has 0 fully saturated rings. The maximum Gasteiger partial charge on any atom is 0.416 e. The van der Waals surface area contributed by atoms with Crippen LogP contribution in [0.3, 0.4) is 0 Å². The SMILES string of the molecule is C=CC[C@]1(C(=O)OCC)C(=O)C(C)=C(CNC(=O)[C@H](Cc2ccccc2)NC(=O)OC(C)(C)C)N1C(=O)OC(C)(C)C. The van der Waals surface area contributed by atoms with Gasteiger partial charge in [0.25, 0.3) is 0 Å². The fraction of sp³-hybridized carbons (Fsp3) is 0.516. The summed E-state index contributed by atoms with van der Waals surface area (Å²) in [5.41, 5.74) is -2.91. The minimum Gasteiger partial charge on any atom is -0.464 e. The molecular weight excluding hydrogens is 542 g/mol. The molecule has 0 spiro atoms. The number of carbonyl (C=O) groups is 5. The van der Waals surface area contributed by atoms with E-state index < -0.39 is 52.6 Å². The van der Waals surface area contributed by atoms with Crippen molar-refractivity contribution < 1.29 is 38.2 Å². The quantitative estimate of drug-likeness (QED) is 0.180. The average molecular weight is 586 g/mol. The van der Waals surface area contributed by atoms with Crippen LogP contribution < -0.4 is 10.6 Å². The van der Waals surface area contributed by atoms with Gasteiger partial charge < -0.3 is 24.8 Å². The number of amides is 3. The summed E-state index contributed by atoms with van der Waals surface area (Å²) in [6.45, 7) is 16.4. The van der Waals surface area contributed by atoms with E-state index in [0.29, 0.717) is 0 Å². The Morgan fingerprint density at radius 3 is 2.14 bits per heavy atom. The first-order valence-corrected chi connectivity index (χ1v) is 13.8. The van der Waals surface area contributed by atoms with Crippen LogP contribution in [0.15, 0.2) is 54.3 Å². The predicted molar refractivity (Wildman–Crippen MR) is 156 cm³/mol. The topological polar surface area (TPSA) is 140 Å². The van der Waals surface area contributed by atoms with Gasteiger partial charge in [0.2, 0.25) is 11.4 Å². The lowest BCUT2D eigenvalue weighted by Crippen LogP contribution is -2.60. The number of esters is 1. The summed E-state index contributed by atoms with van der Waals surface area (Å²) in [4.78, 5) is 67.6. The van der Waals surface area contributed by atoms with Gasteiger partial charge in [0.1, 0.15) is 17.2 Å². The highest BCUT2D eigenvalue weighted by molar-refractivity contribution is 6.20. The number of rotatable bonds is 10. The van der Waals surface area contributed by atoms with Crippen molar-refractivity contribution in [2.75, 3.05) is 13.2 Å². The van der Waals surface area contributed by atoms with Crippen LogP contribution in [0.2, 0.25) is 0 Å². The van der Waals surface area contributed by atoms with E-state index in [-0.39, 0.29) is 37.3 Å². The second-order valence-electron chi connectivity index (χ2n) is 11.9. The number of hydrogen-bond acceptors (Lipinski definition) is 8. The van der Waals surface area contributed by atoms with Gasteiger partial charge in [0, 0.05) is 18.4 Å². The van der Waals surface area contributed by atoms with Gasteiger partial charge in [-0.05, 0) is 61.0 Å². The normalized spacial score (nSPS) is 17.8. The van der Waals surface area contributed by atoms with Crippen LogP contribution in [0.5, 0.6) is 0 Å². The number of Topliss-reactive ketones (excluding diaryl/α,β-unsaturated/α-hetero) is 1. The van der Waals surface area contributed by atoms with Crippen molar-refractivity contribution in [3.63, 3.8) is 0 Å². The molecule has 230 valence electrons. The van der Waals surface area contributed by atoms with Crippen LogP contribution >= 0.6 is 0 Å². The van der Waals surface area contributed by atoms with Crippen LogP contribution in [-0.2, 0) is 35.0 Å². The third-order valence-corrected chi connectivity index (χ3v) is 6.15. The highest BCUT2D eigenvalue weighted by atomic mass is 16.6. The first-order valence-electron chi connectivity index (χ1n) is 13.8. The fourth-order valence-electron chi connectivity index (χ4n) is 4.44. The molecule has 42 heavy (non-hydrogen) atoms. The van der Waals surface area contributed by atoms with Gasteiger partial charge in [-0.15, -0.1) is 6.58 Å². The molecule has 1 aliphatic heterocycles. The molecule has 2 rings (SSSR count). The highest BCUT2D eigenvalue weighted by Crippen LogP contribution is 2.39. The molecule has 3 amide bonds. The Morgan fingerprint density at radius 2 is 1.62 bits per heavy atom. The summed E-state index contributed by atoms with van der Waals surface area (Å²) in [5, 5.41) is 5.32. The summed E-state index contributed by atoms with van der Waals surface area (Å²) in [7, 11) is 0. The Labute approximate surface area is 247 Å². The zero-order chi connectivity index (χ0) is 31.9. The van der Waals surface area contributed by atoms with E-state index in [1.165, 1.54) is 13.0 Å². The Balaban J connectivity index is 2.45. The lowest BCUT2D eigenvalue weighted by atomic mass is 9.88. The summed E-state index contributed by atoms with van der Waals surface area (Å²) in [6.07, 6.45) is -0.494. The van der Waals surface area contributed by atoms with Crippen molar-refractivity contribution in [1.29, 1.82) is 0 Å². The molecule has 0 unspecified atom stereocenters. The van der Waals surface area contributed by atoms with E-state index in [9.17, 15) is 24.0 Å². The van der Waals surface area contributed by atoms with Gasteiger partial charge >= 0.3 is 18.2 Å². The third kappa shape index (κ3) is 8.43. The second kappa shape index (κ2) is 13.7. The largest absolute Gasteiger partial charge is 0.464 e. The first kappa shape index (κ1) is 34.1. The Bertz CT molecular complexity index is 1230. The van der Waals surface area contributed by atoms with Crippen molar-refractivity contribution in [1.82, 2.24) is 15.5 Å². The molecule has 1 aliphatic rings. The van der Waals surface area contributed by atoms with Gasteiger partial charge in [0.15, 0.2) is 5.78 Å². The number of alkyl carbamates (subject to hydrolysis) is 1. The molecule has 0 bridgehead atoms. The molecule has 1 aromatic rings. The Hall–Kier alpha value is -4.15. The van der Waals surface area contributed by atoms with Crippen molar-refractivity contribution in [2.45, 2.75) is 91.0 Å². The second-order valence-corrected chi connectivity index (χ2v) is 11.9. The van der Waals surface area contributed by atoms with Crippen LogP contribution in [0.25, 0.3) is 0 Å². The van der Waals surface area contributed by atoms with Crippen molar-refractivity contribution >= 4 is 29.8 Å². The molecule has 0 saturated heterocycles. The van der Waals surface area contributed by atoms with Gasteiger partial charge in [-0.1, -0.05) is 36.4 Å². The van der Waals surface area contributed by atoms with Gasteiger partial charge in [-0.25, -0.2) is 14.4 Å². The van der Waals surface area contributed by atoms with Crippen LogP contribution in [-0.4, -0.2) is 70.7 Å². The maximum atomic E-state index is 13.7. The smallest absolute Gasteiger partial charge is 0.416 e. The van der Waals surface area contributed by atoms with E-state index in [1.54, 1.807) is 48.5 Å². The molecule has 1 heterocycles. The number of hydrogen-bond donors (Lipinski definition) is 2. The zero-order valence-electron chi connectivity index (χ0n) is 25.8. The summed E-state index contributed by atoms with van der Waals surface area (Å²) >= 11 is 0. The molecular formula is C31H43N3O8. The van der Waals surface area contributed by atoms with Crippen LogP contribution in [0.1, 0.15) is 67.4 Å². The average Bonchev–Trinajstić information content (AvgIpc) is 3.08. The first-order chi connectivity index (χ1) is 19.5. The molecule has 0 aromatic heterocycles. The van der Waals surface area contributed by atoms with Gasteiger partial charge in [-0.3, -0.25) is 14.5 Å². The molecule has 0 aliphatic carbocycles. The molecule has 0 saturated carbocycles. The fourth-order valence-corrected chi connectivity index (χ4v) is 4.44. The van der Waals surface area contributed by atoms with E-state index in [2.05, 4.69) is 17.2 Å². The molecule has 0 radical (unpaired) electrons. The van der Waals surface area contributed by atoms with E-state index in [0.717, 1.165) is 10.5 Å². The number of nitrogens with one attached hydrogen (secondary N) is 2. The monoisotopic (exact) mass is 585 g/mol. The Kier molecular flexibility index (Phi) is 11.1. The number of ether oxygens (including phenoxy) is 3. The standard InChI is InChI=1S/C31H43N3O8/c1-10-17-31(26(37)40-11-2)24(35)20(3)23(34(31)28(39)42-30(7,8)9)19-32-25(36)22(18-21-15-13-12-14-16-21)33-27(38)41-29(4,5)6/h10,12-16,22H,1,11,17-19H2,2-9H3,(H,32,36)(H,33,38)/t22-,31+/m0/s1. The van der Waals surface area contributed by atoms with E-state index in [1.807, 2.05) is 30.3 Å². The molecule has 2 atom stereocenters. The maximum absolute atomic E-state index is 13.7. The summed E-state index contributed by atoms with van der Waals surface area (Å²) < 4.78 is 16.2. The minimum atomic E-state index is -2.08. The molecule has 2 N–H and O–H groups in total. The van der Waals surface area contributed by atoms with Gasteiger partial charge in [0.05, 0.1) is 18.8 Å². The summed E-state index contributed by atoms with van der Waals surface area (Å²) in [5.74, 6) is -2.20. The van der Waals surface area contributed by atoms with Crippen molar-refractivity contribution in [3.05, 3.63) is 59.8 Å². The van der Waals surface area contributed by atoms with Crippen LogP contribution in [0.4, 0.5) is 9.59 Å². The number of carbonyl (C=O) groups excluding carboxylic acids is 5. The lowest BCUT2D eigenvalue weighted by Gasteiger charge is -2.37. The molecule has 11 heteroatoms. The van der Waals surface area contributed by atoms with Crippen molar-refractivity contribution in [3.8, 4) is 0 Å². The van der Waals surface area contributed by atoms with Crippen LogP contribution in [0, 0.1) is 0 Å². The van der Waals surface area contributed by atoms with Crippen molar-refractivity contribution in [2.24, 2.45) is 0 Å². The third-order valence-electron chi connectivity index (χ3n) is 6.15. The lowest BCUT2D eigenvalue weighted by molar-refractivity contribution is -0.158. The highest BCUT2D eigenvalue weighted by Gasteiger charge is 2.60. The van der Waals surface area contributed by atoms with E-state index in [4.69, 9.17) is 14.2 Å². The zero-order valence-corrected chi connectivity index (χ0v) is 25.8. The summed E-state index contributed by atoms with van der Waals surface area (Å²) in [6, 6.07) is 8.01. The van der Waals surface area contributed by atoms with Gasteiger partial charge in [-0.2, -0.15) is 0 Å². The number of ketones is 1. The Morgan fingerprint density at radius 1 is 1.02 bits per heavy atom. The van der Waals surface area contributed by atoms with E-state index >= 15 is 0 Å². The number of nitrogens with zero attached hydrogens (tertiary/aromatic N) is 1. The predicted octanol–water partition coefficient (Wildman–Crippen LogP) is 4.21. The number of benzene rings is 1.